The van der Waals surface area contributed by atoms with E-state index in [1.54, 1.807) is 6.20 Å². The van der Waals surface area contributed by atoms with Gasteiger partial charge in [0.2, 0.25) is 0 Å². The Labute approximate surface area is 119 Å². The van der Waals surface area contributed by atoms with Crippen LogP contribution in [-0.4, -0.2) is 10.5 Å². The lowest BCUT2D eigenvalue weighted by molar-refractivity contribution is 0.156. The Kier molecular flexibility index (Phi) is 2.69. The standard InChI is InChI=1S/C16H21ClN2/c17-15-9-19-5-4-10(15)7-16(18)8-11-6-14(16)13-3-1-2-12(11)13/h4-5,9,11-14H,1-3,6-8,18H2. The van der Waals surface area contributed by atoms with Gasteiger partial charge in [0, 0.05) is 17.9 Å². The van der Waals surface area contributed by atoms with E-state index in [0.29, 0.717) is 0 Å². The van der Waals surface area contributed by atoms with Gasteiger partial charge in [-0.15, -0.1) is 0 Å². The summed E-state index contributed by atoms with van der Waals surface area (Å²) < 4.78 is 0. The summed E-state index contributed by atoms with van der Waals surface area (Å²) in [4.78, 5) is 4.07. The van der Waals surface area contributed by atoms with Crippen LogP contribution < -0.4 is 5.73 Å². The molecule has 1 aromatic rings. The van der Waals surface area contributed by atoms with Crippen LogP contribution in [0.15, 0.2) is 18.5 Å². The maximum Gasteiger partial charge on any atom is 0.0621 e. The molecule has 102 valence electrons. The molecule has 3 aliphatic carbocycles. The van der Waals surface area contributed by atoms with Gasteiger partial charge < -0.3 is 5.73 Å². The SMILES string of the molecule is NC1(Cc2ccncc2Cl)CC2CC1C1CCCC21. The Morgan fingerprint density at radius 2 is 2.21 bits per heavy atom. The van der Waals surface area contributed by atoms with E-state index in [2.05, 4.69) is 4.98 Å². The fourth-order valence-electron chi connectivity index (χ4n) is 5.42. The van der Waals surface area contributed by atoms with Crippen molar-refractivity contribution >= 4 is 11.6 Å². The third kappa shape index (κ3) is 1.76. The van der Waals surface area contributed by atoms with Crippen LogP contribution in [0.4, 0.5) is 0 Å². The van der Waals surface area contributed by atoms with E-state index in [4.69, 9.17) is 17.3 Å². The first-order valence-corrected chi connectivity index (χ1v) is 7.92. The third-order valence-corrected chi connectivity index (χ3v) is 6.40. The van der Waals surface area contributed by atoms with Crippen LogP contribution in [0.3, 0.4) is 0 Å². The predicted octanol–water partition coefficient (Wildman–Crippen LogP) is 3.43. The van der Waals surface area contributed by atoms with Gasteiger partial charge in [-0.05, 0) is 67.4 Å². The Hall–Kier alpha value is -0.600. The summed E-state index contributed by atoms with van der Waals surface area (Å²) in [6, 6.07) is 2.04. The molecule has 0 spiro atoms. The van der Waals surface area contributed by atoms with Crippen molar-refractivity contribution < 1.29 is 0 Å². The maximum absolute atomic E-state index is 6.82. The normalized spacial score (nSPS) is 43.7. The summed E-state index contributed by atoms with van der Waals surface area (Å²) in [5, 5.41) is 0.776. The van der Waals surface area contributed by atoms with Gasteiger partial charge in [0.05, 0.1) is 5.02 Å². The van der Waals surface area contributed by atoms with E-state index in [9.17, 15) is 0 Å². The minimum atomic E-state index is -0.0127. The summed E-state index contributed by atoms with van der Waals surface area (Å²) in [7, 11) is 0. The molecule has 3 saturated carbocycles. The predicted molar refractivity (Wildman–Crippen MR) is 76.9 cm³/mol. The molecule has 2 N–H and O–H groups in total. The Bertz CT molecular complexity index is 503. The Balaban J connectivity index is 1.60. The van der Waals surface area contributed by atoms with Crippen LogP contribution >= 0.6 is 11.6 Å². The molecule has 3 aliphatic rings. The minimum Gasteiger partial charge on any atom is -0.325 e. The molecule has 1 aromatic heterocycles. The number of halogens is 1. The average Bonchev–Trinajstić information content (AvgIpc) is 3.02. The smallest absolute Gasteiger partial charge is 0.0621 e. The largest absolute Gasteiger partial charge is 0.325 e. The molecule has 5 atom stereocenters. The second kappa shape index (κ2) is 4.20. The van der Waals surface area contributed by atoms with Crippen molar-refractivity contribution in [1.29, 1.82) is 0 Å². The molecule has 4 rings (SSSR count). The van der Waals surface area contributed by atoms with E-state index in [1.807, 2.05) is 12.3 Å². The van der Waals surface area contributed by atoms with E-state index < -0.39 is 0 Å². The van der Waals surface area contributed by atoms with Crippen molar-refractivity contribution in [3.8, 4) is 0 Å². The van der Waals surface area contributed by atoms with Crippen molar-refractivity contribution in [1.82, 2.24) is 4.98 Å². The highest BCUT2D eigenvalue weighted by molar-refractivity contribution is 6.31. The molecule has 2 nitrogen and oxygen atoms in total. The second-order valence-electron chi connectivity index (χ2n) is 6.94. The van der Waals surface area contributed by atoms with Gasteiger partial charge in [-0.3, -0.25) is 4.98 Å². The highest BCUT2D eigenvalue weighted by Crippen LogP contribution is 2.62. The number of fused-ring (bicyclic) bond motifs is 5. The maximum atomic E-state index is 6.82. The average molecular weight is 277 g/mol. The number of aromatic nitrogens is 1. The first-order chi connectivity index (χ1) is 9.17. The number of nitrogens with zero attached hydrogens (tertiary/aromatic N) is 1. The lowest BCUT2D eigenvalue weighted by Crippen LogP contribution is -2.51. The lowest BCUT2D eigenvalue weighted by Gasteiger charge is -2.40. The van der Waals surface area contributed by atoms with Crippen LogP contribution in [0.5, 0.6) is 0 Å². The molecule has 0 amide bonds. The van der Waals surface area contributed by atoms with Crippen LogP contribution in [-0.2, 0) is 6.42 Å². The zero-order valence-electron chi connectivity index (χ0n) is 11.2. The van der Waals surface area contributed by atoms with Gasteiger partial charge >= 0.3 is 0 Å². The van der Waals surface area contributed by atoms with Crippen molar-refractivity contribution in [2.45, 2.75) is 44.1 Å². The summed E-state index contributed by atoms with van der Waals surface area (Å²) in [6.07, 6.45) is 11.4. The van der Waals surface area contributed by atoms with Gasteiger partial charge in [0.25, 0.3) is 0 Å². The molecule has 0 aliphatic heterocycles. The third-order valence-electron chi connectivity index (χ3n) is 6.06. The highest BCUT2D eigenvalue weighted by atomic mass is 35.5. The molecule has 5 unspecified atom stereocenters. The number of pyridine rings is 1. The first-order valence-electron chi connectivity index (χ1n) is 7.55. The van der Waals surface area contributed by atoms with Crippen molar-refractivity contribution in [2.24, 2.45) is 29.4 Å². The molecular formula is C16H21ClN2. The van der Waals surface area contributed by atoms with Crippen molar-refractivity contribution in [3.63, 3.8) is 0 Å². The summed E-state index contributed by atoms with van der Waals surface area (Å²) in [5.74, 6) is 3.52. The number of rotatable bonds is 2. The van der Waals surface area contributed by atoms with Gasteiger partial charge in [0.1, 0.15) is 0 Å². The Morgan fingerprint density at radius 1 is 1.37 bits per heavy atom. The van der Waals surface area contributed by atoms with E-state index >= 15 is 0 Å². The lowest BCUT2D eigenvalue weighted by atomic mass is 9.69. The van der Waals surface area contributed by atoms with Crippen molar-refractivity contribution in [2.75, 3.05) is 0 Å². The molecular weight excluding hydrogens is 256 g/mol. The Morgan fingerprint density at radius 3 is 3.05 bits per heavy atom. The minimum absolute atomic E-state index is 0.0127. The molecule has 19 heavy (non-hydrogen) atoms. The zero-order valence-corrected chi connectivity index (χ0v) is 11.9. The van der Waals surface area contributed by atoms with Crippen LogP contribution in [0.1, 0.15) is 37.7 Å². The summed E-state index contributed by atoms with van der Waals surface area (Å²) >= 11 is 6.26. The topological polar surface area (TPSA) is 38.9 Å². The summed E-state index contributed by atoms with van der Waals surface area (Å²) in [5.41, 5.74) is 7.99. The van der Waals surface area contributed by atoms with Gasteiger partial charge in [-0.1, -0.05) is 18.0 Å². The van der Waals surface area contributed by atoms with E-state index in [0.717, 1.165) is 35.1 Å². The van der Waals surface area contributed by atoms with E-state index in [1.165, 1.54) is 37.7 Å². The van der Waals surface area contributed by atoms with Crippen LogP contribution in [0.2, 0.25) is 5.02 Å². The molecule has 3 heteroatoms. The zero-order chi connectivity index (χ0) is 13.0. The van der Waals surface area contributed by atoms with Gasteiger partial charge in [-0.25, -0.2) is 0 Å². The molecule has 0 aromatic carbocycles. The highest BCUT2D eigenvalue weighted by Gasteiger charge is 2.59. The monoisotopic (exact) mass is 276 g/mol. The van der Waals surface area contributed by atoms with Crippen LogP contribution in [0.25, 0.3) is 0 Å². The molecule has 3 fully saturated rings. The molecule has 0 saturated heterocycles. The van der Waals surface area contributed by atoms with Gasteiger partial charge in [-0.2, -0.15) is 0 Å². The molecule has 2 bridgehead atoms. The van der Waals surface area contributed by atoms with E-state index in [-0.39, 0.29) is 5.54 Å². The number of hydrogen-bond acceptors (Lipinski definition) is 2. The quantitative estimate of drug-likeness (QED) is 0.899. The molecule has 0 radical (unpaired) electrons. The van der Waals surface area contributed by atoms with Gasteiger partial charge in [0.15, 0.2) is 0 Å². The molecule has 1 heterocycles. The second-order valence-corrected chi connectivity index (χ2v) is 7.35. The van der Waals surface area contributed by atoms with Crippen molar-refractivity contribution in [3.05, 3.63) is 29.0 Å². The fraction of sp³-hybridized carbons (Fsp3) is 0.688. The fourth-order valence-corrected chi connectivity index (χ4v) is 5.60. The summed E-state index contributed by atoms with van der Waals surface area (Å²) in [6.45, 7) is 0. The first kappa shape index (κ1) is 12.2. The number of nitrogens with two attached hydrogens (primary N) is 1. The number of hydrogen-bond donors (Lipinski definition) is 1. The van der Waals surface area contributed by atoms with Crippen LogP contribution in [0, 0.1) is 23.7 Å².